The van der Waals surface area contributed by atoms with Crippen LogP contribution < -0.4 is 0 Å². The summed E-state index contributed by atoms with van der Waals surface area (Å²) in [5.41, 5.74) is -0.289. The molecule has 0 aliphatic heterocycles. The first-order valence-electron chi connectivity index (χ1n) is 2.44. The van der Waals surface area contributed by atoms with Crippen molar-refractivity contribution in [1.29, 1.82) is 0 Å². The van der Waals surface area contributed by atoms with E-state index in [-0.39, 0.29) is 5.56 Å². The van der Waals surface area contributed by atoms with Gasteiger partial charge in [0, 0.05) is 6.20 Å². The molecule has 0 aliphatic rings. The average molecular weight is 140 g/mol. The standard InChI is InChI=1S/C5H4N2O3/c8-4-3(5(9)10)1-6-2-7-4/h1-2H,(H,9,10)(H,6,7,8). The number of hydrogen-bond donors (Lipinski definition) is 2. The zero-order valence-corrected chi connectivity index (χ0v) is 4.85. The third-order valence-electron chi connectivity index (χ3n) is 0.922. The molecular formula is C5H4N2O3. The zero-order valence-electron chi connectivity index (χ0n) is 4.85. The molecule has 0 bridgehead atoms. The van der Waals surface area contributed by atoms with Crippen molar-refractivity contribution < 1.29 is 15.0 Å². The Hall–Kier alpha value is -1.65. The lowest BCUT2D eigenvalue weighted by Crippen LogP contribution is -1.98. The second kappa shape index (κ2) is 2.30. The summed E-state index contributed by atoms with van der Waals surface area (Å²) in [5.74, 6) is -1.75. The lowest BCUT2D eigenvalue weighted by Gasteiger charge is -1.93. The van der Waals surface area contributed by atoms with Crippen molar-refractivity contribution in [1.82, 2.24) is 9.97 Å². The van der Waals surface area contributed by atoms with Crippen LogP contribution in [0.2, 0.25) is 0 Å². The van der Waals surface area contributed by atoms with Gasteiger partial charge in [0.15, 0.2) is 0 Å². The van der Waals surface area contributed by atoms with Crippen LogP contribution in [0.25, 0.3) is 0 Å². The fraction of sp³-hybridized carbons (Fsp3) is 0. The lowest BCUT2D eigenvalue weighted by molar-refractivity contribution is 0.0692. The van der Waals surface area contributed by atoms with Crippen LogP contribution in [0.3, 0.4) is 0 Å². The molecule has 0 unspecified atom stereocenters. The van der Waals surface area contributed by atoms with E-state index in [1.165, 1.54) is 0 Å². The monoisotopic (exact) mass is 140 g/mol. The maximum Gasteiger partial charge on any atom is 0.342 e. The molecule has 52 valence electrons. The average Bonchev–Trinajstić information content (AvgIpc) is 1.88. The van der Waals surface area contributed by atoms with Crippen LogP contribution in [-0.4, -0.2) is 26.2 Å². The molecule has 0 aromatic carbocycles. The Balaban J connectivity index is 3.15. The lowest BCUT2D eigenvalue weighted by atomic mass is 10.3. The molecule has 1 aromatic heterocycles. The van der Waals surface area contributed by atoms with Crippen molar-refractivity contribution in [2.45, 2.75) is 0 Å². The quantitative estimate of drug-likeness (QED) is 0.568. The van der Waals surface area contributed by atoms with Crippen LogP contribution in [0.1, 0.15) is 10.4 Å². The minimum atomic E-state index is -1.24. The van der Waals surface area contributed by atoms with Crippen molar-refractivity contribution in [3.05, 3.63) is 18.1 Å². The predicted octanol–water partition coefficient (Wildman–Crippen LogP) is -0.120. The number of aromatic nitrogens is 2. The van der Waals surface area contributed by atoms with E-state index in [9.17, 15) is 4.79 Å². The Morgan fingerprint density at radius 2 is 2.30 bits per heavy atom. The van der Waals surface area contributed by atoms with Gasteiger partial charge in [0.2, 0.25) is 5.88 Å². The van der Waals surface area contributed by atoms with Crippen molar-refractivity contribution in [2.24, 2.45) is 0 Å². The van der Waals surface area contributed by atoms with Crippen molar-refractivity contribution in [2.75, 3.05) is 0 Å². The van der Waals surface area contributed by atoms with E-state index in [0.29, 0.717) is 0 Å². The third-order valence-corrected chi connectivity index (χ3v) is 0.922. The van der Waals surface area contributed by atoms with Crippen LogP contribution in [0.15, 0.2) is 12.5 Å². The Morgan fingerprint density at radius 3 is 2.70 bits per heavy atom. The highest BCUT2D eigenvalue weighted by molar-refractivity contribution is 5.89. The van der Waals surface area contributed by atoms with Gasteiger partial charge in [-0.15, -0.1) is 0 Å². The minimum Gasteiger partial charge on any atom is -0.493 e. The van der Waals surface area contributed by atoms with E-state index in [2.05, 4.69) is 9.97 Å². The zero-order chi connectivity index (χ0) is 7.56. The van der Waals surface area contributed by atoms with E-state index < -0.39 is 11.8 Å². The van der Waals surface area contributed by atoms with Crippen LogP contribution in [-0.2, 0) is 0 Å². The van der Waals surface area contributed by atoms with Gasteiger partial charge in [-0.1, -0.05) is 0 Å². The largest absolute Gasteiger partial charge is 0.493 e. The normalized spacial score (nSPS) is 9.20. The second-order valence-corrected chi connectivity index (χ2v) is 1.57. The molecular weight excluding hydrogens is 136 g/mol. The summed E-state index contributed by atoms with van der Waals surface area (Å²) < 4.78 is 0. The number of carbonyl (C=O) groups is 1. The Bertz CT molecular complexity index is 261. The van der Waals surface area contributed by atoms with Gasteiger partial charge >= 0.3 is 5.97 Å². The number of nitrogens with zero attached hydrogens (tertiary/aromatic N) is 2. The molecule has 0 saturated carbocycles. The van der Waals surface area contributed by atoms with Gasteiger partial charge in [0.05, 0.1) is 0 Å². The number of aromatic hydroxyl groups is 1. The van der Waals surface area contributed by atoms with E-state index in [4.69, 9.17) is 10.2 Å². The molecule has 1 heterocycles. The Kier molecular flexibility index (Phi) is 1.49. The van der Waals surface area contributed by atoms with Crippen LogP contribution in [0.5, 0.6) is 5.88 Å². The highest BCUT2D eigenvalue weighted by atomic mass is 16.4. The molecule has 0 saturated heterocycles. The summed E-state index contributed by atoms with van der Waals surface area (Å²) >= 11 is 0. The van der Waals surface area contributed by atoms with E-state index in [1.54, 1.807) is 0 Å². The van der Waals surface area contributed by atoms with Crippen LogP contribution in [0, 0.1) is 0 Å². The molecule has 1 aromatic rings. The van der Waals surface area contributed by atoms with Crippen LogP contribution >= 0.6 is 0 Å². The fourth-order valence-corrected chi connectivity index (χ4v) is 0.474. The highest BCUT2D eigenvalue weighted by Crippen LogP contribution is 2.08. The smallest absolute Gasteiger partial charge is 0.342 e. The number of rotatable bonds is 1. The maximum absolute atomic E-state index is 10.2. The van der Waals surface area contributed by atoms with Gasteiger partial charge in [0.1, 0.15) is 11.9 Å². The Morgan fingerprint density at radius 1 is 1.60 bits per heavy atom. The van der Waals surface area contributed by atoms with E-state index in [0.717, 1.165) is 12.5 Å². The molecule has 2 N–H and O–H groups in total. The van der Waals surface area contributed by atoms with Gasteiger partial charge < -0.3 is 10.2 Å². The second-order valence-electron chi connectivity index (χ2n) is 1.57. The first-order valence-corrected chi connectivity index (χ1v) is 2.44. The molecule has 10 heavy (non-hydrogen) atoms. The first-order chi connectivity index (χ1) is 4.72. The van der Waals surface area contributed by atoms with Gasteiger partial charge in [-0.2, -0.15) is 0 Å². The maximum atomic E-state index is 10.2. The predicted molar refractivity (Wildman–Crippen MR) is 30.7 cm³/mol. The molecule has 0 aliphatic carbocycles. The number of aromatic carboxylic acids is 1. The highest BCUT2D eigenvalue weighted by Gasteiger charge is 2.08. The molecule has 0 atom stereocenters. The number of carboxylic acids is 1. The summed E-state index contributed by atoms with van der Waals surface area (Å²) in [6.07, 6.45) is 2.10. The van der Waals surface area contributed by atoms with Crippen molar-refractivity contribution in [3.63, 3.8) is 0 Å². The minimum absolute atomic E-state index is 0.289. The molecule has 5 nitrogen and oxygen atoms in total. The summed E-state index contributed by atoms with van der Waals surface area (Å²) in [7, 11) is 0. The summed E-state index contributed by atoms with van der Waals surface area (Å²) in [5, 5.41) is 17.1. The van der Waals surface area contributed by atoms with Crippen molar-refractivity contribution >= 4 is 5.97 Å². The summed E-state index contributed by atoms with van der Waals surface area (Å²) in [6.45, 7) is 0. The van der Waals surface area contributed by atoms with Gasteiger partial charge in [-0.05, 0) is 0 Å². The van der Waals surface area contributed by atoms with Gasteiger partial charge in [0.25, 0.3) is 0 Å². The number of hydrogen-bond acceptors (Lipinski definition) is 4. The third kappa shape index (κ3) is 1.02. The molecule has 0 spiro atoms. The molecule has 5 heteroatoms. The number of carboxylic acid groups (broad SMARTS) is 1. The Labute approximate surface area is 56.0 Å². The van der Waals surface area contributed by atoms with Gasteiger partial charge in [-0.3, -0.25) is 0 Å². The SMILES string of the molecule is O=C(O)c1cncnc1O. The topological polar surface area (TPSA) is 83.3 Å². The summed E-state index contributed by atoms with van der Waals surface area (Å²) in [4.78, 5) is 16.9. The van der Waals surface area contributed by atoms with Crippen molar-refractivity contribution in [3.8, 4) is 5.88 Å². The molecule has 0 radical (unpaired) electrons. The van der Waals surface area contributed by atoms with Gasteiger partial charge in [-0.25, -0.2) is 14.8 Å². The molecule has 0 fully saturated rings. The van der Waals surface area contributed by atoms with E-state index >= 15 is 0 Å². The van der Waals surface area contributed by atoms with E-state index in [1.807, 2.05) is 0 Å². The molecule has 0 amide bonds. The summed E-state index contributed by atoms with van der Waals surface area (Å²) in [6, 6.07) is 0. The van der Waals surface area contributed by atoms with Crippen LogP contribution in [0.4, 0.5) is 0 Å². The fourth-order valence-electron chi connectivity index (χ4n) is 0.474. The molecule has 1 rings (SSSR count). The first kappa shape index (κ1) is 6.47.